The third-order valence-electron chi connectivity index (χ3n) is 2.36. The molecule has 0 heterocycles. The van der Waals surface area contributed by atoms with Crippen molar-refractivity contribution in [3.63, 3.8) is 0 Å². The zero-order chi connectivity index (χ0) is 15.3. The van der Waals surface area contributed by atoms with E-state index < -0.39 is 33.4 Å². The van der Waals surface area contributed by atoms with Gasteiger partial charge in [-0.2, -0.15) is 0 Å². The normalized spacial score (nSPS) is 12.6. The summed E-state index contributed by atoms with van der Waals surface area (Å²) in [5.74, 6) is -2.23. The molecule has 9 heteroatoms. The van der Waals surface area contributed by atoms with Gasteiger partial charge < -0.3 is 5.32 Å². The van der Waals surface area contributed by atoms with Crippen molar-refractivity contribution in [1.82, 2.24) is 10.8 Å². The lowest BCUT2D eigenvalue weighted by Gasteiger charge is -2.15. The fourth-order valence-electron chi connectivity index (χ4n) is 1.46. The van der Waals surface area contributed by atoms with Gasteiger partial charge in [-0.05, 0) is 24.3 Å². The molecule has 3 N–H and O–H groups in total. The molecule has 0 aromatic heterocycles. The lowest BCUT2D eigenvalue weighted by atomic mass is 10.3. The number of hydrogen-bond donors (Lipinski definition) is 3. The van der Waals surface area contributed by atoms with Gasteiger partial charge in [0.15, 0.2) is 9.84 Å². The molecule has 0 radical (unpaired) electrons. The third-order valence-corrected chi connectivity index (χ3v) is 4.65. The summed E-state index contributed by atoms with van der Waals surface area (Å²) in [7, 11) is -3.78. The summed E-state index contributed by atoms with van der Waals surface area (Å²) in [5.41, 5.74) is 1.33. The Labute approximate surface area is 124 Å². The first-order chi connectivity index (χ1) is 9.26. The highest BCUT2D eigenvalue weighted by atomic mass is 79.9. The molecular formula is C11H13BrN2O5S. The molecule has 7 nitrogen and oxygen atoms in total. The Hall–Kier alpha value is -1.45. The van der Waals surface area contributed by atoms with E-state index in [-0.39, 0.29) is 4.90 Å². The zero-order valence-corrected chi connectivity index (χ0v) is 12.9. The second kappa shape index (κ2) is 6.82. The maximum Gasteiger partial charge on any atom is 0.266 e. The van der Waals surface area contributed by atoms with Crippen LogP contribution in [0.15, 0.2) is 33.6 Å². The van der Waals surface area contributed by atoms with E-state index in [2.05, 4.69) is 21.2 Å². The molecule has 1 aromatic rings. The highest BCUT2D eigenvalue weighted by molar-refractivity contribution is 9.10. The minimum absolute atomic E-state index is 0.0155. The molecule has 0 bridgehead atoms. The van der Waals surface area contributed by atoms with Crippen molar-refractivity contribution in [3.8, 4) is 0 Å². The lowest BCUT2D eigenvalue weighted by molar-refractivity contribution is -0.133. The van der Waals surface area contributed by atoms with E-state index in [1.54, 1.807) is 12.1 Å². The molecule has 2 amide bonds. The predicted octanol–water partition coefficient (Wildman–Crippen LogP) is 0.233. The average Bonchev–Trinajstić information content (AvgIpc) is 2.36. The van der Waals surface area contributed by atoms with Crippen molar-refractivity contribution >= 4 is 37.6 Å². The van der Waals surface area contributed by atoms with Gasteiger partial charge in [-0.3, -0.25) is 14.8 Å². The van der Waals surface area contributed by atoms with Crippen LogP contribution in [0.25, 0.3) is 0 Å². The van der Waals surface area contributed by atoms with Crippen molar-refractivity contribution in [1.29, 1.82) is 0 Å². The van der Waals surface area contributed by atoms with Crippen LogP contribution in [0.1, 0.15) is 6.92 Å². The second-order valence-electron chi connectivity index (χ2n) is 3.96. The number of halogens is 1. The van der Waals surface area contributed by atoms with Crippen molar-refractivity contribution in [2.75, 3.05) is 5.75 Å². The molecule has 110 valence electrons. The van der Waals surface area contributed by atoms with Crippen LogP contribution in [0, 0.1) is 0 Å². The van der Waals surface area contributed by atoms with E-state index >= 15 is 0 Å². The summed E-state index contributed by atoms with van der Waals surface area (Å²) in [6.07, 6.45) is 0. The first-order valence-electron chi connectivity index (χ1n) is 5.45. The van der Waals surface area contributed by atoms with Crippen LogP contribution in [0.3, 0.4) is 0 Å². The van der Waals surface area contributed by atoms with Crippen molar-refractivity contribution < 1.29 is 23.2 Å². The van der Waals surface area contributed by atoms with Gasteiger partial charge in [0.1, 0.15) is 6.04 Å². The summed E-state index contributed by atoms with van der Waals surface area (Å²) in [5, 5.41) is 10.7. The summed E-state index contributed by atoms with van der Waals surface area (Å²) in [4.78, 5) is 22.3. The van der Waals surface area contributed by atoms with Crippen LogP contribution in [0.4, 0.5) is 0 Å². The van der Waals surface area contributed by atoms with Crippen LogP contribution >= 0.6 is 15.9 Å². The number of rotatable bonds is 5. The van der Waals surface area contributed by atoms with Gasteiger partial charge in [0.05, 0.1) is 10.6 Å². The SMILES string of the molecule is CC(=O)NC(CS(=O)(=O)c1ccc(Br)cc1)C(=O)NO. The van der Waals surface area contributed by atoms with Gasteiger partial charge in [0.2, 0.25) is 5.91 Å². The smallest absolute Gasteiger partial charge is 0.266 e. The molecule has 0 aliphatic heterocycles. The standard InChI is InChI=1S/C11H13BrN2O5S/c1-7(15)13-10(11(16)14-17)6-20(18,19)9-4-2-8(12)3-5-9/h2-5,10,17H,6H2,1H3,(H,13,15)(H,14,16). The van der Waals surface area contributed by atoms with E-state index in [0.29, 0.717) is 4.47 Å². The Morgan fingerprint density at radius 3 is 2.30 bits per heavy atom. The number of hydroxylamine groups is 1. The molecular weight excluding hydrogens is 352 g/mol. The Balaban J connectivity index is 2.99. The number of hydrogen-bond acceptors (Lipinski definition) is 5. The third kappa shape index (κ3) is 4.58. The van der Waals surface area contributed by atoms with Gasteiger partial charge in [-0.25, -0.2) is 13.9 Å². The van der Waals surface area contributed by atoms with Crippen molar-refractivity contribution in [3.05, 3.63) is 28.7 Å². The maximum atomic E-state index is 12.1. The highest BCUT2D eigenvalue weighted by Crippen LogP contribution is 2.16. The number of carbonyl (C=O) groups is 2. The largest absolute Gasteiger partial charge is 0.343 e. The minimum atomic E-state index is -3.78. The molecule has 0 aliphatic rings. The van der Waals surface area contributed by atoms with E-state index in [1.165, 1.54) is 17.6 Å². The maximum absolute atomic E-state index is 12.1. The molecule has 20 heavy (non-hydrogen) atoms. The summed E-state index contributed by atoms with van der Waals surface area (Å²) in [6.45, 7) is 1.14. The Bertz CT molecular complexity index is 600. The minimum Gasteiger partial charge on any atom is -0.343 e. The highest BCUT2D eigenvalue weighted by Gasteiger charge is 2.27. The molecule has 0 spiro atoms. The van der Waals surface area contributed by atoms with E-state index in [4.69, 9.17) is 5.21 Å². The van der Waals surface area contributed by atoms with Gasteiger partial charge in [0.25, 0.3) is 5.91 Å². The molecule has 1 unspecified atom stereocenters. The molecule has 1 atom stereocenters. The molecule has 0 saturated carbocycles. The van der Waals surface area contributed by atoms with Crippen LogP contribution in [-0.2, 0) is 19.4 Å². The number of benzene rings is 1. The fraction of sp³-hybridized carbons (Fsp3) is 0.273. The van der Waals surface area contributed by atoms with Crippen LogP contribution in [-0.4, -0.2) is 37.2 Å². The Morgan fingerprint density at radius 1 is 1.30 bits per heavy atom. The fourth-order valence-corrected chi connectivity index (χ4v) is 3.14. The molecule has 1 aromatic carbocycles. The number of sulfone groups is 1. The molecule has 1 rings (SSSR count). The van der Waals surface area contributed by atoms with Crippen LogP contribution in [0.5, 0.6) is 0 Å². The first-order valence-corrected chi connectivity index (χ1v) is 7.90. The predicted molar refractivity (Wildman–Crippen MR) is 73.7 cm³/mol. The number of nitrogens with one attached hydrogen (secondary N) is 2. The van der Waals surface area contributed by atoms with Gasteiger partial charge >= 0.3 is 0 Å². The van der Waals surface area contributed by atoms with Crippen LogP contribution < -0.4 is 10.8 Å². The monoisotopic (exact) mass is 364 g/mol. The van der Waals surface area contributed by atoms with Crippen LogP contribution in [0.2, 0.25) is 0 Å². The van der Waals surface area contributed by atoms with Gasteiger partial charge in [-0.1, -0.05) is 15.9 Å². The lowest BCUT2D eigenvalue weighted by Crippen LogP contribution is -2.49. The van der Waals surface area contributed by atoms with Gasteiger partial charge in [-0.15, -0.1) is 0 Å². The summed E-state index contributed by atoms with van der Waals surface area (Å²) in [6, 6.07) is 4.48. The molecule has 0 saturated heterocycles. The Morgan fingerprint density at radius 2 is 1.85 bits per heavy atom. The first kappa shape index (κ1) is 16.6. The van der Waals surface area contributed by atoms with E-state index in [1.807, 2.05) is 0 Å². The van der Waals surface area contributed by atoms with E-state index in [9.17, 15) is 18.0 Å². The average molecular weight is 365 g/mol. The van der Waals surface area contributed by atoms with Crippen molar-refractivity contribution in [2.45, 2.75) is 17.9 Å². The molecule has 0 aliphatic carbocycles. The topological polar surface area (TPSA) is 113 Å². The Kier molecular flexibility index (Phi) is 5.66. The number of carbonyl (C=O) groups excluding carboxylic acids is 2. The second-order valence-corrected chi connectivity index (χ2v) is 6.91. The zero-order valence-electron chi connectivity index (χ0n) is 10.5. The molecule has 0 fully saturated rings. The van der Waals surface area contributed by atoms with Gasteiger partial charge in [0, 0.05) is 11.4 Å². The summed E-state index contributed by atoms with van der Waals surface area (Å²) >= 11 is 3.18. The van der Waals surface area contributed by atoms with Crippen molar-refractivity contribution in [2.24, 2.45) is 0 Å². The number of amides is 2. The summed E-state index contributed by atoms with van der Waals surface area (Å²) < 4.78 is 25.0. The quantitative estimate of drug-likeness (QED) is 0.511. The van der Waals surface area contributed by atoms with E-state index in [0.717, 1.165) is 6.92 Å².